The third kappa shape index (κ3) is 6.07. The molecule has 0 radical (unpaired) electrons. The van der Waals surface area contributed by atoms with Crippen LogP contribution in [0.1, 0.15) is 13.3 Å². The van der Waals surface area contributed by atoms with Crippen molar-refractivity contribution in [3.8, 4) is 5.75 Å². The van der Waals surface area contributed by atoms with Gasteiger partial charge in [0.15, 0.2) is 9.84 Å². The molecular formula is C19H28N4O5S. The zero-order valence-corrected chi connectivity index (χ0v) is 17.4. The molecule has 0 aliphatic carbocycles. The van der Waals surface area contributed by atoms with Crippen molar-refractivity contribution in [2.75, 3.05) is 55.7 Å². The van der Waals surface area contributed by atoms with E-state index in [1.165, 1.54) is 0 Å². The Bertz CT molecular complexity index is 837. The monoisotopic (exact) mass is 424 g/mol. The molecule has 29 heavy (non-hydrogen) atoms. The lowest BCUT2D eigenvalue weighted by molar-refractivity contribution is -0.121. The molecule has 2 heterocycles. The molecule has 0 aromatic heterocycles. The Morgan fingerprint density at radius 2 is 1.90 bits per heavy atom. The highest BCUT2D eigenvalue weighted by Gasteiger charge is 2.29. The van der Waals surface area contributed by atoms with Crippen molar-refractivity contribution in [3.63, 3.8) is 0 Å². The largest absolute Gasteiger partial charge is 0.492 e. The number of anilines is 1. The van der Waals surface area contributed by atoms with E-state index in [0.717, 1.165) is 24.5 Å². The van der Waals surface area contributed by atoms with Gasteiger partial charge in [0.1, 0.15) is 5.75 Å². The predicted molar refractivity (Wildman–Crippen MR) is 110 cm³/mol. The number of urea groups is 1. The number of para-hydroxylation sites is 2. The van der Waals surface area contributed by atoms with Gasteiger partial charge in [0, 0.05) is 32.2 Å². The molecule has 10 heteroatoms. The van der Waals surface area contributed by atoms with Crippen molar-refractivity contribution < 1.29 is 22.7 Å². The number of piperazine rings is 1. The van der Waals surface area contributed by atoms with Gasteiger partial charge in [0.05, 0.1) is 30.3 Å². The van der Waals surface area contributed by atoms with Crippen LogP contribution in [0.15, 0.2) is 24.3 Å². The second-order valence-electron chi connectivity index (χ2n) is 7.29. The molecule has 2 aliphatic rings. The van der Waals surface area contributed by atoms with Gasteiger partial charge in [-0.05, 0) is 25.5 Å². The fraction of sp³-hybridized carbons (Fsp3) is 0.579. The van der Waals surface area contributed by atoms with Crippen LogP contribution in [0.5, 0.6) is 5.75 Å². The quantitative estimate of drug-likeness (QED) is 0.673. The number of nitrogens with zero attached hydrogens (tertiary/aromatic N) is 2. The number of rotatable bonds is 6. The van der Waals surface area contributed by atoms with Gasteiger partial charge < -0.3 is 15.0 Å². The van der Waals surface area contributed by atoms with E-state index < -0.39 is 27.8 Å². The van der Waals surface area contributed by atoms with E-state index in [1.54, 1.807) is 0 Å². The number of hydrogen-bond donors (Lipinski definition) is 2. The smallest absolute Gasteiger partial charge is 0.321 e. The Labute approximate surface area is 171 Å². The fourth-order valence-corrected chi connectivity index (χ4v) is 5.32. The van der Waals surface area contributed by atoms with Crippen LogP contribution in [0.2, 0.25) is 0 Å². The maximum Gasteiger partial charge on any atom is 0.321 e. The summed E-state index contributed by atoms with van der Waals surface area (Å²) in [7, 11) is -3.08. The highest BCUT2D eigenvalue weighted by molar-refractivity contribution is 7.91. The average Bonchev–Trinajstić information content (AvgIpc) is 3.01. The van der Waals surface area contributed by atoms with Crippen molar-refractivity contribution >= 4 is 27.5 Å². The minimum atomic E-state index is -3.08. The standard InChI is InChI=1S/C19H28N4O5S/c1-2-28-17-6-4-3-5-16(17)23-10-8-22(9-11-23)13-18(24)21-19(25)20-15-7-12-29(26,27)14-15/h3-6,15H,2,7-14H2,1H3,(H2,20,21,24,25)/t15-/m1/s1. The molecule has 2 aliphatic heterocycles. The van der Waals surface area contributed by atoms with Gasteiger partial charge in [-0.15, -0.1) is 0 Å². The van der Waals surface area contributed by atoms with Crippen molar-refractivity contribution in [2.24, 2.45) is 0 Å². The number of ether oxygens (including phenoxy) is 1. The van der Waals surface area contributed by atoms with E-state index in [9.17, 15) is 18.0 Å². The van der Waals surface area contributed by atoms with Gasteiger partial charge in [-0.2, -0.15) is 0 Å². The summed E-state index contributed by atoms with van der Waals surface area (Å²) in [6, 6.07) is 6.84. The first kappa shape index (κ1) is 21.4. The molecule has 2 fully saturated rings. The number of hydrogen-bond acceptors (Lipinski definition) is 7. The summed E-state index contributed by atoms with van der Waals surface area (Å²) in [6.07, 6.45) is 0.384. The van der Waals surface area contributed by atoms with Gasteiger partial charge in [-0.25, -0.2) is 13.2 Å². The molecule has 160 valence electrons. The van der Waals surface area contributed by atoms with Gasteiger partial charge in [-0.1, -0.05) is 12.1 Å². The molecule has 1 aromatic rings. The Hall–Kier alpha value is -2.33. The first-order valence-electron chi connectivity index (χ1n) is 9.86. The van der Waals surface area contributed by atoms with E-state index in [4.69, 9.17) is 4.74 Å². The van der Waals surface area contributed by atoms with Crippen LogP contribution in [0.3, 0.4) is 0 Å². The molecule has 3 amide bonds. The van der Waals surface area contributed by atoms with E-state index in [-0.39, 0.29) is 18.1 Å². The zero-order valence-electron chi connectivity index (χ0n) is 16.6. The lowest BCUT2D eigenvalue weighted by atomic mass is 10.2. The molecular weight excluding hydrogens is 396 g/mol. The normalized spacial score (nSPS) is 21.6. The molecule has 1 atom stereocenters. The summed E-state index contributed by atoms with van der Waals surface area (Å²) in [6.45, 7) is 5.57. The molecule has 9 nitrogen and oxygen atoms in total. The van der Waals surface area contributed by atoms with Crippen molar-refractivity contribution in [1.82, 2.24) is 15.5 Å². The number of benzene rings is 1. The van der Waals surface area contributed by atoms with Crippen LogP contribution < -0.4 is 20.3 Å². The van der Waals surface area contributed by atoms with Crippen LogP contribution in [0, 0.1) is 0 Å². The molecule has 0 spiro atoms. The van der Waals surface area contributed by atoms with Crippen LogP contribution in [-0.4, -0.2) is 82.1 Å². The second kappa shape index (κ2) is 9.45. The summed E-state index contributed by atoms with van der Waals surface area (Å²) >= 11 is 0. The fourth-order valence-electron chi connectivity index (χ4n) is 3.64. The third-order valence-electron chi connectivity index (χ3n) is 5.07. The summed E-state index contributed by atoms with van der Waals surface area (Å²) in [5.41, 5.74) is 1.05. The number of imide groups is 1. The molecule has 2 N–H and O–H groups in total. The Morgan fingerprint density at radius 1 is 1.17 bits per heavy atom. The maximum atomic E-state index is 12.1. The van der Waals surface area contributed by atoms with E-state index >= 15 is 0 Å². The molecule has 0 bridgehead atoms. The first-order chi connectivity index (χ1) is 13.9. The predicted octanol–water partition coefficient (Wildman–Crippen LogP) is 0.220. The number of carbonyl (C=O) groups excluding carboxylic acids is 2. The van der Waals surface area contributed by atoms with Gasteiger partial charge >= 0.3 is 6.03 Å². The average molecular weight is 425 g/mol. The summed E-state index contributed by atoms with van der Waals surface area (Å²) in [5.74, 6) is 0.459. The first-order valence-corrected chi connectivity index (χ1v) is 11.7. The van der Waals surface area contributed by atoms with Crippen molar-refractivity contribution in [1.29, 1.82) is 0 Å². The lowest BCUT2D eigenvalue weighted by Gasteiger charge is -2.36. The SMILES string of the molecule is CCOc1ccccc1N1CCN(CC(=O)NC(=O)N[C@@H]2CCS(=O)(=O)C2)CC1. The number of amides is 3. The van der Waals surface area contributed by atoms with Gasteiger partial charge in [-0.3, -0.25) is 15.0 Å². The van der Waals surface area contributed by atoms with Gasteiger partial charge in [0.25, 0.3) is 0 Å². The van der Waals surface area contributed by atoms with Crippen LogP contribution >= 0.6 is 0 Å². The Morgan fingerprint density at radius 3 is 2.55 bits per heavy atom. The summed E-state index contributed by atoms with van der Waals surface area (Å²) in [4.78, 5) is 28.3. The zero-order chi connectivity index (χ0) is 20.9. The molecule has 1 aromatic carbocycles. The molecule has 0 saturated carbocycles. The molecule has 0 unspecified atom stereocenters. The maximum absolute atomic E-state index is 12.1. The number of carbonyl (C=O) groups is 2. The highest BCUT2D eigenvalue weighted by Crippen LogP contribution is 2.28. The van der Waals surface area contributed by atoms with E-state index in [1.807, 2.05) is 36.1 Å². The van der Waals surface area contributed by atoms with Gasteiger partial charge in [0.2, 0.25) is 5.91 Å². The van der Waals surface area contributed by atoms with Crippen LogP contribution in [-0.2, 0) is 14.6 Å². The lowest BCUT2D eigenvalue weighted by Crippen LogP contribution is -2.52. The summed E-state index contributed by atoms with van der Waals surface area (Å²) < 4.78 is 28.6. The minimum Gasteiger partial charge on any atom is -0.492 e. The number of nitrogens with one attached hydrogen (secondary N) is 2. The Balaban J connectivity index is 1.42. The molecule has 2 saturated heterocycles. The number of sulfone groups is 1. The summed E-state index contributed by atoms with van der Waals surface area (Å²) in [5, 5.41) is 4.85. The second-order valence-corrected chi connectivity index (χ2v) is 9.51. The minimum absolute atomic E-state index is 0.0697. The third-order valence-corrected chi connectivity index (χ3v) is 6.83. The van der Waals surface area contributed by atoms with E-state index in [0.29, 0.717) is 26.1 Å². The van der Waals surface area contributed by atoms with Crippen molar-refractivity contribution in [2.45, 2.75) is 19.4 Å². The highest BCUT2D eigenvalue weighted by atomic mass is 32.2. The van der Waals surface area contributed by atoms with E-state index in [2.05, 4.69) is 15.5 Å². The van der Waals surface area contributed by atoms with Crippen LogP contribution in [0.4, 0.5) is 10.5 Å². The van der Waals surface area contributed by atoms with Crippen LogP contribution in [0.25, 0.3) is 0 Å². The topological polar surface area (TPSA) is 108 Å². The van der Waals surface area contributed by atoms with Crippen molar-refractivity contribution in [3.05, 3.63) is 24.3 Å². The molecule has 3 rings (SSSR count). The Kier molecular flexibility index (Phi) is 6.96.